The minimum Gasteiger partial charge on any atom is -0.498 e. The van der Waals surface area contributed by atoms with Gasteiger partial charge in [-0.25, -0.2) is 0 Å². The van der Waals surface area contributed by atoms with Crippen molar-refractivity contribution in [2.45, 2.75) is 0 Å². The molecule has 0 bridgehead atoms. The van der Waals surface area contributed by atoms with Gasteiger partial charge in [0.25, 0.3) is 0 Å². The largest absolute Gasteiger partial charge is 0.498 e. The lowest BCUT2D eigenvalue weighted by Crippen LogP contribution is -1.75. The Morgan fingerprint density at radius 1 is 1.83 bits per heavy atom. The molecule has 0 N–H and O–H groups in total. The van der Waals surface area contributed by atoms with Gasteiger partial charge in [0.15, 0.2) is 0 Å². The van der Waals surface area contributed by atoms with E-state index in [1.54, 1.807) is 0 Å². The highest BCUT2D eigenvalue weighted by molar-refractivity contribution is 4.62. The van der Waals surface area contributed by atoms with Crippen LogP contribution in [0, 0.1) is 6.58 Å². The van der Waals surface area contributed by atoms with E-state index < -0.39 is 0 Å². The smallest absolute Gasteiger partial charge is 0.106 e. The summed E-state index contributed by atoms with van der Waals surface area (Å²) in [5, 5.41) is 0. The molecule has 0 aromatic carbocycles. The van der Waals surface area contributed by atoms with Gasteiger partial charge in [-0.15, -0.1) is 0 Å². The summed E-state index contributed by atoms with van der Waals surface area (Å²) >= 11 is 0. The predicted octanol–water partition coefficient (Wildman–Crippen LogP) is 1.14. The monoisotopic (exact) mass is 83.0 g/mol. The van der Waals surface area contributed by atoms with Crippen LogP contribution in [0.1, 0.15) is 0 Å². The molecule has 0 fully saturated rings. The van der Waals surface area contributed by atoms with Crippen LogP contribution in [0.4, 0.5) is 0 Å². The summed E-state index contributed by atoms with van der Waals surface area (Å²) in [6.07, 6.45) is 2.77. The summed E-state index contributed by atoms with van der Waals surface area (Å²) in [5.74, 6) is 0. The predicted molar refractivity (Wildman–Crippen MR) is 25.0 cm³/mol. The quantitative estimate of drug-likeness (QED) is 0.367. The molecule has 33 valence electrons. The summed E-state index contributed by atoms with van der Waals surface area (Å²) in [4.78, 5) is 0. The average Bonchev–Trinajstić information content (AvgIpc) is 1.61. The normalized spacial score (nSPS) is 6.67. The van der Waals surface area contributed by atoms with Crippen LogP contribution in [0.2, 0.25) is 0 Å². The number of hydrogen-bond donors (Lipinski definition) is 0. The molecule has 1 heteroatoms. The van der Waals surface area contributed by atoms with Crippen molar-refractivity contribution in [1.82, 2.24) is 0 Å². The fourth-order valence-corrected chi connectivity index (χ4v) is 0.124. The Balaban J connectivity index is 2.66. The van der Waals surface area contributed by atoms with Crippen molar-refractivity contribution in [3.63, 3.8) is 0 Å². The molecule has 0 atom stereocenters. The van der Waals surface area contributed by atoms with Crippen molar-refractivity contribution in [3.8, 4) is 0 Å². The Hall–Kier alpha value is -0.720. The highest BCUT2D eigenvalue weighted by atomic mass is 16.5. The standard InChI is InChI=1S/C5H7O/c1-3-5-6-4-2/h1,3-4H,2,5H2. The Bertz CT molecular complexity index is 39.9. The van der Waals surface area contributed by atoms with Crippen LogP contribution >= 0.6 is 0 Å². The zero-order chi connectivity index (χ0) is 4.83. The average molecular weight is 83.1 g/mol. The molecule has 6 heavy (non-hydrogen) atoms. The molecule has 0 aromatic rings. The lowest BCUT2D eigenvalue weighted by molar-refractivity contribution is 0.291. The van der Waals surface area contributed by atoms with E-state index in [0.29, 0.717) is 6.61 Å². The fraction of sp³-hybridized carbons (Fsp3) is 0.200. The van der Waals surface area contributed by atoms with Crippen molar-refractivity contribution < 1.29 is 4.74 Å². The first kappa shape index (κ1) is 5.28. The highest BCUT2D eigenvalue weighted by Gasteiger charge is 1.61. The van der Waals surface area contributed by atoms with Gasteiger partial charge in [0.2, 0.25) is 0 Å². The van der Waals surface area contributed by atoms with Gasteiger partial charge in [0.05, 0.1) is 6.26 Å². The number of ether oxygens (including phenoxy) is 1. The van der Waals surface area contributed by atoms with E-state index in [2.05, 4.69) is 11.3 Å². The van der Waals surface area contributed by atoms with E-state index in [9.17, 15) is 0 Å². The van der Waals surface area contributed by atoms with Gasteiger partial charge in [-0.2, -0.15) is 0 Å². The second-order valence-corrected chi connectivity index (χ2v) is 0.736. The van der Waals surface area contributed by atoms with Crippen LogP contribution in [0.15, 0.2) is 18.9 Å². The lowest BCUT2D eigenvalue weighted by Gasteiger charge is -1.86. The number of hydrogen-bond acceptors (Lipinski definition) is 1. The third kappa shape index (κ3) is 3.28. The van der Waals surface area contributed by atoms with Gasteiger partial charge in [-0.3, -0.25) is 0 Å². The molecule has 0 rings (SSSR count). The van der Waals surface area contributed by atoms with Crippen LogP contribution in [-0.4, -0.2) is 6.61 Å². The Kier molecular flexibility index (Phi) is 3.77. The molecule has 1 nitrogen and oxygen atoms in total. The van der Waals surface area contributed by atoms with E-state index in [1.807, 2.05) is 0 Å². The van der Waals surface area contributed by atoms with Gasteiger partial charge < -0.3 is 4.74 Å². The summed E-state index contributed by atoms with van der Waals surface area (Å²) in [7, 11) is 0. The van der Waals surface area contributed by atoms with Crippen LogP contribution in [0.3, 0.4) is 0 Å². The minimum absolute atomic E-state index is 0.448. The Labute approximate surface area is 37.9 Å². The van der Waals surface area contributed by atoms with Gasteiger partial charge in [0.1, 0.15) is 6.61 Å². The highest BCUT2D eigenvalue weighted by Crippen LogP contribution is 1.69. The van der Waals surface area contributed by atoms with Crippen LogP contribution < -0.4 is 0 Å². The zero-order valence-corrected chi connectivity index (χ0v) is 3.55. The molecule has 0 unspecified atom stereocenters. The van der Waals surface area contributed by atoms with Gasteiger partial charge in [-0.05, 0) is 6.08 Å². The first-order chi connectivity index (χ1) is 2.91. The van der Waals surface area contributed by atoms with Crippen molar-refractivity contribution in [1.29, 1.82) is 0 Å². The van der Waals surface area contributed by atoms with E-state index >= 15 is 0 Å². The first-order valence-corrected chi connectivity index (χ1v) is 1.67. The van der Waals surface area contributed by atoms with Crippen LogP contribution in [-0.2, 0) is 4.74 Å². The second kappa shape index (κ2) is 4.28. The molecule has 0 spiro atoms. The summed E-state index contributed by atoms with van der Waals surface area (Å²) in [6, 6.07) is 0. The molecule has 0 saturated carbocycles. The van der Waals surface area contributed by atoms with E-state index in [0.717, 1.165) is 0 Å². The van der Waals surface area contributed by atoms with Crippen molar-refractivity contribution in [3.05, 3.63) is 25.5 Å². The molecule has 0 aliphatic rings. The summed E-state index contributed by atoms with van der Waals surface area (Å²) < 4.78 is 4.57. The minimum atomic E-state index is 0.448. The lowest BCUT2D eigenvalue weighted by atomic mass is 10.7. The van der Waals surface area contributed by atoms with Crippen molar-refractivity contribution in [2.75, 3.05) is 6.61 Å². The van der Waals surface area contributed by atoms with E-state index in [-0.39, 0.29) is 0 Å². The van der Waals surface area contributed by atoms with Crippen molar-refractivity contribution >= 4 is 0 Å². The molecule has 1 radical (unpaired) electrons. The van der Waals surface area contributed by atoms with Crippen LogP contribution in [0.25, 0.3) is 0 Å². The fourth-order valence-electron chi connectivity index (χ4n) is 0.124. The molecular formula is C5H7O. The Morgan fingerprint density at radius 2 is 2.50 bits per heavy atom. The number of rotatable bonds is 3. The Morgan fingerprint density at radius 3 is 2.67 bits per heavy atom. The SMILES string of the molecule is [CH]=CCOC=C. The van der Waals surface area contributed by atoms with E-state index in [4.69, 9.17) is 6.58 Å². The van der Waals surface area contributed by atoms with Gasteiger partial charge in [0, 0.05) is 0 Å². The first-order valence-electron chi connectivity index (χ1n) is 1.67. The van der Waals surface area contributed by atoms with Crippen LogP contribution in [0.5, 0.6) is 0 Å². The van der Waals surface area contributed by atoms with E-state index in [1.165, 1.54) is 12.3 Å². The maximum Gasteiger partial charge on any atom is 0.106 e. The molecule has 0 aliphatic carbocycles. The molecule has 0 aromatic heterocycles. The summed E-state index contributed by atoms with van der Waals surface area (Å²) in [5.41, 5.74) is 0. The molecular weight excluding hydrogens is 76.1 g/mol. The zero-order valence-electron chi connectivity index (χ0n) is 3.55. The van der Waals surface area contributed by atoms with Gasteiger partial charge in [-0.1, -0.05) is 13.2 Å². The molecule has 0 aliphatic heterocycles. The molecule has 0 saturated heterocycles. The molecule has 0 amide bonds. The third-order valence-electron chi connectivity index (χ3n) is 0.310. The maximum absolute atomic E-state index is 4.92. The second-order valence-electron chi connectivity index (χ2n) is 0.736. The van der Waals surface area contributed by atoms with Gasteiger partial charge >= 0.3 is 0 Å². The molecule has 0 heterocycles. The maximum atomic E-state index is 4.92. The van der Waals surface area contributed by atoms with Crippen molar-refractivity contribution in [2.24, 2.45) is 0 Å². The topological polar surface area (TPSA) is 9.23 Å². The third-order valence-corrected chi connectivity index (χ3v) is 0.310. The summed E-state index contributed by atoms with van der Waals surface area (Å²) in [6.45, 7) is 8.67.